The molecule has 3 aromatic rings. The molecule has 4 nitrogen and oxygen atoms in total. The molecule has 0 radical (unpaired) electrons. The standard InChI is InChI=1S/C26H22F3N3O/c1-2-32(18-20-7-4-3-5-8-20)24-13-11-19(12-14-24)15-21(17-30)25(33)31-23-10-6-9-22(16-23)26(27,28)29/h3-16H,2,18H2,1H3,(H,31,33)/b21-15-. The minimum atomic E-state index is -4.52. The van der Waals surface area contributed by atoms with Gasteiger partial charge in [0.05, 0.1) is 5.56 Å². The molecule has 0 saturated heterocycles. The number of carbonyl (C=O) groups is 1. The topological polar surface area (TPSA) is 56.1 Å². The molecule has 0 spiro atoms. The third-order valence-corrected chi connectivity index (χ3v) is 4.98. The molecule has 0 fully saturated rings. The molecule has 33 heavy (non-hydrogen) atoms. The van der Waals surface area contributed by atoms with Crippen LogP contribution in [0, 0.1) is 11.3 Å². The molecule has 1 amide bonds. The van der Waals surface area contributed by atoms with Crippen molar-refractivity contribution >= 4 is 23.4 Å². The van der Waals surface area contributed by atoms with E-state index in [1.165, 1.54) is 23.8 Å². The van der Waals surface area contributed by atoms with Crippen LogP contribution in [0.1, 0.15) is 23.6 Å². The van der Waals surface area contributed by atoms with E-state index in [9.17, 15) is 23.2 Å². The van der Waals surface area contributed by atoms with Gasteiger partial charge in [0.1, 0.15) is 11.6 Å². The van der Waals surface area contributed by atoms with Crippen LogP contribution in [0.4, 0.5) is 24.5 Å². The van der Waals surface area contributed by atoms with Crippen LogP contribution in [-0.4, -0.2) is 12.5 Å². The highest BCUT2D eigenvalue weighted by Gasteiger charge is 2.30. The fourth-order valence-corrected chi connectivity index (χ4v) is 3.26. The zero-order valence-corrected chi connectivity index (χ0v) is 17.9. The fraction of sp³-hybridized carbons (Fsp3) is 0.154. The Kier molecular flexibility index (Phi) is 7.52. The summed E-state index contributed by atoms with van der Waals surface area (Å²) in [4.78, 5) is 14.6. The van der Waals surface area contributed by atoms with Gasteiger partial charge in [-0.05, 0) is 54.5 Å². The Bertz CT molecular complexity index is 1160. The highest BCUT2D eigenvalue weighted by atomic mass is 19.4. The predicted molar refractivity (Wildman–Crippen MR) is 123 cm³/mol. The molecule has 3 rings (SSSR count). The number of nitrogens with zero attached hydrogens (tertiary/aromatic N) is 2. The van der Waals surface area contributed by atoms with Gasteiger partial charge in [-0.3, -0.25) is 4.79 Å². The van der Waals surface area contributed by atoms with Gasteiger partial charge in [-0.25, -0.2) is 0 Å². The predicted octanol–water partition coefficient (Wildman–Crippen LogP) is 6.28. The van der Waals surface area contributed by atoms with Crippen LogP contribution in [0.5, 0.6) is 0 Å². The Morgan fingerprint density at radius 1 is 1.03 bits per heavy atom. The molecule has 0 heterocycles. The number of anilines is 2. The third-order valence-electron chi connectivity index (χ3n) is 4.98. The zero-order valence-electron chi connectivity index (χ0n) is 17.9. The van der Waals surface area contributed by atoms with Crippen LogP contribution in [0.3, 0.4) is 0 Å². The van der Waals surface area contributed by atoms with Crippen LogP contribution >= 0.6 is 0 Å². The Morgan fingerprint density at radius 2 is 1.73 bits per heavy atom. The third kappa shape index (κ3) is 6.47. The van der Waals surface area contributed by atoms with E-state index in [4.69, 9.17) is 0 Å². The van der Waals surface area contributed by atoms with E-state index in [1.807, 2.05) is 36.4 Å². The molecule has 0 unspecified atom stereocenters. The summed E-state index contributed by atoms with van der Waals surface area (Å²) in [5, 5.41) is 11.8. The number of carbonyl (C=O) groups excluding carboxylic acids is 1. The Labute approximate surface area is 190 Å². The molecule has 3 aromatic carbocycles. The lowest BCUT2D eigenvalue weighted by Gasteiger charge is -2.23. The van der Waals surface area contributed by atoms with Gasteiger partial charge in [-0.15, -0.1) is 0 Å². The van der Waals surface area contributed by atoms with Crippen LogP contribution < -0.4 is 10.2 Å². The maximum atomic E-state index is 12.9. The average molecular weight is 449 g/mol. The molecule has 0 aliphatic carbocycles. The average Bonchev–Trinajstić information content (AvgIpc) is 2.81. The number of benzene rings is 3. The van der Waals surface area contributed by atoms with Crippen molar-refractivity contribution < 1.29 is 18.0 Å². The number of halogens is 3. The van der Waals surface area contributed by atoms with E-state index in [0.717, 1.165) is 30.9 Å². The van der Waals surface area contributed by atoms with E-state index in [0.29, 0.717) is 5.56 Å². The number of hydrogen-bond acceptors (Lipinski definition) is 3. The molecular formula is C26H22F3N3O. The highest BCUT2D eigenvalue weighted by molar-refractivity contribution is 6.09. The summed E-state index contributed by atoms with van der Waals surface area (Å²) in [6.45, 7) is 3.60. The first-order valence-electron chi connectivity index (χ1n) is 10.3. The van der Waals surface area contributed by atoms with Crippen molar-refractivity contribution in [1.82, 2.24) is 0 Å². The summed E-state index contributed by atoms with van der Waals surface area (Å²) in [5.41, 5.74) is 1.68. The second-order valence-corrected chi connectivity index (χ2v) is 7.29. The van der Waals surface area contributed by atoms with Crippen molar-refractivity contribution in [2.45, 2.75) is 19.6 Å². The molecule has 0 bridgehead atoms. The van der Waals surface area contributed by atoms with E-state index in [2.05, 4.69) is 29.3 Å². The van der Waals surface area contributed by atoms with Crippen molar-refractivity contribution in [2.24, 2.45) is 0 Å². The molecule has 0 aliphatic heterocycles. The Morgan fingerprint density at radius 3 is 2.33 bits per heavy atom. The number of alkyl halides is 3. The van der Waals surface area contributed by atoms with Crippen molar-refractivity contribution in [2.75, 3.05) is 16.8 Å². The van der Waals surface area contributed by atoms with Crippen LogP contribution in [0.15, 0.2) is 84.4 Å². The van der Waals surface area contributed by atoms with Gasteiger partial charge in [0.15, 0.2) is 0 Å². The number of amides is 1. The first-order chi connectivity index (χ1) is 15.8. The lowest BCUT2D eigenvalue weighted by molar-refractivity contribution is -0.137. The Balaban J connectivity index is 1.73. The summed E-state index contributed by atoms with van der Waals surface area (Å²) >= 11 is 0. The lowest BCUT2D eigenvalue weighted by Crippen LogP contribution is -2.21. The second-order valence-electron chi connectivity index (χ2n) is 7.29. The molecular weight excluding hydrogens is 427 g/mol. The summed E-state index contributed by atoms with van der Waals surface area (Å²) in [5.74, 6) is -0.778. The number of rotatable bonds is 7. The van der Waals surface area contributed by atoms with Gasteiger partial charge < -0.3 is 10.2 Å². The first-order valence-corrected chi connectivity index (χ1v) is 10.3. The van der Waals surface area contributed by atoms with E-state index in [1.54, 1.807) is 12.1 Å². The first kappa shape index (κ1) is 23.6. The molecule has 0 aromatic heterocycles. The minimum absolute atomic E-state index is 0.0363. The van der Waals surface area contributed by atoms with Gasteiger partial charge >= 0.3 is 6.18 Å². The molecule has 0 saturated carbocycles. The van der Waals surface area contributed by atoms with E-state index >= 15 is 0 Å². The van der Waals surface area contributed by atoms with Crippen molar-refractivity contribution in [3.8, 4) is 6.07 Å². The van der Waals surface area contributed by atoms with Crippen LogP contribution in [0.2, 0.25) is 0 Å². The Hall–Kier alpha value is -4.05. The van der Waals surface area contributed by atoms with Gasteiger partial charge in [0, 0.05) is 24.5 Å². The summed E-state index contributed by atoms with van der Waals surface area (Å²) < 4.78 is 38.6. The normalized spacial score (nSPS) is 11.5. The van der Waals surface area contributed by atoms with Crippen LogP contribution in [-0.2, 0) is 17.5 Å². The SMILES string of the molecule is CCN(Cc1ccccc1)c1ccc(/C=C(/C#N)C(=O)Nc2cccc(C(F)(F)F)c2)cc1. The second kappa shape index (κ2) is 10.5. The van der Waals surface area contributed by atoms with Gasteiger partial charge in [0.25, 0.3) is 5.91 Å². The van der Waals surface area contributed by atoms with Crippen molar-refractivity contribution in [3.63, 3.8) is 0 Å². The maximum absolute atomic E-state index is 12.9. The summed E-state index contributed by atoms with van der Waals surface area (Å²) in [7, 11) is 0. The maximum Gasteiger partial charge on any atom is 0.416 e. The van der Waals surface area contributed by atoms with E-state index < -0.39 is 17.6 Å². The largest absolute Gasteiger partial charge is 0.416 e. The highest BCUT2D eigenvalue weighted by Crippen LogP contribution is 2.30. The molecule has 1 N–H and O–H groups in total. The van der Waals surface area contributed by atoms with Crippen molar-refractivity contribution in [3.05, 3.63) is 101 Å². The quantitative estimate of drug-likeness (QED) is 0.341. The van der Waals surface area contributed by atoms with Gasteiger partial charge in [-0.2, -0.15) is 18.4 Å². The lowest BCUT2D eigenvalue weighted by atomic mass is 10.1. The molecule has 168 valence electrons. The number of nitrogens with one attached hydrogen (secondary N) is 1. The van der Waals surface area contributed by atoms with Crippen LogP contribution in [0.25, 0.3) is 6.08 Å². The molecule has 7 heteroatoms. The van der Waals surface area contributed by atoms with Gasteiger partial charge in [-0.1, -0.05) is 48.5 Å². The fourth-order valence-electron chi connectivity index (χ4n) is 3.26. The molecule has 0 atom stereocenters. The van der Waals surface area contributed by atoms with Gasteiger partial charge in [0.2, 0.25) is 0 Å². The number of hydrogen-bond donors (Lipinski definition) is 1. The minimum Gasteiger partial charge on any atom is -0.367 e. The monoisotopic (exact) mass is 449 g/mol. The number of nitriles is 1. The van der Waals surface area contributed by atoms with E-state index in [-0.39, 0.29) is 11.3 Å². The summed E-state index contributed by atoms with van der Waals surface area (Å²) in [6.07, 6.45) is -3.12. The smallest absolute Gasteiger partial charge is 0.367 e. The zero-order chi connectivity index (χ0) is 23.8. The molecule has 0 aliphatic rings. The summed E-state index contributed by atoms with van der Waals surface area (Å²) in [6, 6.07) is 23.5. The van der Waals surface area contributed by atoms with Crippen molar-refractivity contribution in [1.29, 1.82) is 5.26 Å².